The Morgan fingerprint density at radius 2 is 1.79 bits per heavy atom. The van der Waals surface area contributed by atoms with Crippen LogP contribution >= 0.6 is 0 Å². The maximum Gasteiger partial charge on any atom is 0.281 e. The highest BCUT2D eigenvalue weighted by atomic mass is 16.5. The highest BCUT2D eigenvalue weighted by Crippen LogP contribution is 2.30. The monoisotopic (exact) mass is 456 g/mol. The Bertz CT molecular complexity index is 1090. The van der Waals surface area contributed by atoms with Crippen molar-refractivity contribution in [2.24, 2.45) is 0 Å². The minimum atomic E-state index is -0.762. The second kappa shape index (κ2) is 11.5. The summed E-state index contributed by atoms with van der Waals surface area (Å²) in [4.78, 5) is 21.5. The lowest BCUT2D eigenvalue weighted by atomic mass is 10.1. The van der Waals surface area contributed by atoms with E-state index >= 15 is 0 Å². The van der Waals surface area contributed by atoms with Crippen LogP contribution in [0, 0.1) is 0 Å². The van der Waals surface area contributed by atoms with Crippen molar-refractivity contribution >= 4 is 11.2 Å². The first-order chi connectivity index (χ1) is 15.8. The van der Waals surface area contributed by atoms with Crippen LogP contribution in [0.3, 0.4) is 0 Å². The van der Waals surface area contributed by atoms with E-state index in [1.807, 2.05) is 0 Å². The highest BCUT2D eigenvalue weighted by Gasteiger charge is 2.35. The molecule has 2 aromatic rings. The van der Waals surface area contributed by atoms with Gasteiger partial charge in [-0.2, -0.15) is 0 Å². The van der Waals surface area contributed by atoms with Gasteiger partial charge in [0.25, 0.3) is 5.56 Å². The number of imidazole rings is 1. The summed E-state index contributed by atoms with van der Waals surface area (Å²) in [5, 5.41) is 19.3. The summed E-state index contributed by atoms with van der Waals surface area (Å²) in [7, 11) is 0. The van der Waals surface area contributed by atoms with Crippen LogP contribution in [-0.4, -0.2) is 48.1 Å². The van der Waals surface area contributed by atoms with Gasteiger partial charge >= 0.3 is 0 Å². The molecule has 0 radical (unpaired) electrons. The average Bonchev–Trinajstić information content (AvgIpc) is 3.36. The third-order valence-electron chi connectivity index (χ3n) is 6.00. The molecule has 0 spiro atoms. The lowest BCUT2D eigenvalue weighted by Gasteiger charge is -2.13. The number of aromatic nitrogens is 4. The minimum Gasteiger partial charge on any atom is -0.394 e. The standard InChI is InChI=1S/C25H36N4O4/c1-17(2)7-5-8-18(3)9-6-10-19(4)11-12-28-15-27-24-23(25(28)32)26-16-29(24)22-13-20(31)21(14-30)33-22/h7,9,11,15-16,20-22,30-31H,5-6,8,10,12-14H2,1-4H3/t20-,21-,22-/m1/s1. The van der Waals surface area contributed by atoms with Crippen molar-refractivity contribution < 1.29 is 14.9 Å². The third-order valence-corrected chi connectivity index (χ3v) is 6.00. The number of fused-ring (bicyclic) bond motifs is 1. The van der Waals surface area contributed by atoms with Crippen LogP contribution in [0.1, 0.15) is 66.0 Å². The van der Waals surface area contributed by atoms with Crippen LogP contribution < -0.4 is 5.56 Å². The second-order valence-corrected chi connectivity index (χ2v) is 9.10. The molecule has 33 heavy (non-hydrogen) atoms. The summed E-state index contributed by atoms with van der Waals surface area (Å²) in [6.45, 7) is 8.69. The van der Waals surface area contributed by atoms with Gasteiger partial charge in [-0.05, 0) is 53.4 Å². The van der Waals surface area contributed by atoms with Crippen LogP contribution in [0.15, 0.2) is 52.4 Å². The molecule has 3 rings (SSSR count). The van der Waals surface area contributed by atoms with Crippen LogP contribution in [0.4, 0.5) is 0 Å². The number of nitrogens with zero attached hydrogens (tertiary/aromatic N) is 4. The summed E-state index contributed by atoms with van der Waals surface area (Å²) < 4.78 is 8.86. The number of aliphatic hydroxyl groups is 2. The Hall–Kier alpha value is -2.55. The van der Waals surface area contributed by atoms with Gasteiger partial charge in [0.2, 0.25) is 0 Å². The van der Waals surface area contributed by atoms with E-state index in [4.69, 9.17) is 4.74 Å². The normalized spacial score (nSPS) is 21.7. The zero-order valence-electron chi connectivity index (χ0n) is 20.1. The van der Waals surface area contributed by atoms with E-state index in [9.17, 15) is 15.0 Å². The molecule has 0 aliphatic carbocycles. The lowest BCUT2D eigenvalue weighted by Crippen LogP contribution is -2.24. The van der Waals surface area contributed by atoms with E-state index in [0.717, 1.165) is 25.7 Å². The van der Waals surface area contributed by atoms with Gasteiger partial charge in [-0.25, -0.2) is 9.97 Å². The second-order valence-electron chi connectivity index (χ2n) is 9.10. The van der Waals surface area contributed by atoms with Crippen LogP contribution in [-0.2, 0) is 11.3 Å². The Morgan fingerprint density at radius 1 is 1.09 bits per heavy atom. The Labute approximate surface area is 194 Å². The van der Waals surface area contributed by atoms with Gasteiger partial charge in [0.05, 0.1) is 19.0 Å². The highest BCUT2D eigenvalue weighted by molar-refractivity contribution is 5.69. The topological polar surface area (TPSA) is 102 Å². The fourth-order valence-electron chi connectivity index (χ4n) is 3.93. The minimum absolute atomic E-state index is 0.213. The fourth-order valence-corrected chi connectivity index (χ4v) is 3.93. The van der Waals surface area contributed by atoms with E-state index in [1.165, 1.54) is 29.4 Å². The summed E-state index contributed by atoms with van der Waals surface area (Å²) in [6, 6.07) is 0. The maximum atomic E-state index is 12.9. The molecule has 1 fully saturated rings. The predicted octanol–water partition coefficient (Wildman–Crippen LogP) is 3.65. The molecular weight excluding hydrogens is 420 g/mol. The Kier molecular flexibility index (Phi) is 8.77. The van der Waals surface area contributed by atoms with Crippen molar-refractivity contribution in [2.45, 2.75) is 84.8 Å². The van der Waals surface area contributed by atoms with E-state index in [2.05, 4.69) is 55.9 Å². The molecule has 3 atom stereocenters. The molecule has 0 amide bonds. The van der Waals surface area contributed by atoms with Gasteiger partial charge in [0.1, 0.15) is 18.7 Å². The molecule has 2 aromatic heterocycles. The number of hydrogen-bond acceptors (Lipinski definition) is 6. The molecule has 1 aliphatic rings. The molecule has 0 saturated carbocycles. The van der Waals surface area contributed by atoms with Gasteiger partial charge < -0.3 is 14.9 Å². The summed E-state index contributed by atoms with van der Waals surface area (Å²) in [5.41, 5.74) is 4.47. The van der Waals surface area contributed by atoms with Crippen LogP contribution in [0.5, 0.6) is 0 Å². The molecule has 3 heterocycles. The molecule has 8 nitrogen and oxygen atoms in total. The largest absolute Gasteiger partial charge is 0.394 e. The first kappa shape index (κ1) is 25.1. The van der Waals surface area contributed by atoms with Crippen molar-refractivity contribution in [2.75, 3.05) is 6.61 Å². The summed E-state index contributed by atoms with van der Waals surface area (Å²) in [5.74, 6) is 0. The number of hydrogen-bond donors (Lipinski definition) is 2. The van der Waals surface area contributed by atoms with Crippen LogP contribution in [0.2, 0.25) is 0 Å². The lowest BCUT2D eigenvalue weighted by molar-refractivity contribution is -0.0432. The molecule has 0 unspecified atom stereocenters. The van der Waals surface area contributed by atoms with Gasteiger partial charge in [-0.3, -0.25) is 13.9 Å². The number of ether oxygens (including phenoxy) is 1. The molecule has 180 valence electrons. The quantitative estimate of drug-likeness (QED) is 0.529. The van der Waals surface area contributed by atoms with E-state index in [-0.39, 0.29) is 17.7 Å². The van der Waals surface area contributed by atoms with E-state index < -0.39 is 18.4 Å². The number of allylic oxidation sites excluding steroid dienone is 6. The third kappa shape index (κ3) is 6.50. The molecule has 1 saturated heterocycles. The van der Waals surface area contributed by atoms with Crippen molar-refractivity contribution in [3.8, 4) is 0 Å². The molecule has 8 heteroatoms. The summed E-state index contributed by atoms with van der Waals surface area (Å²) >= 11 is 0. The first-order valence-electron chi connectivity index (χ1n) is 11.6. The molecule has 0 aromatic carbocycles. The fraction of sp³-hybridized carbons (Fsp3) is 0.560. The van der Waals surface area contributed by atoms with Gasteiger partial charge in [-0.1, -0.05) is 34.9 Å². The number of rotatable bonds is 10. The molecular formula is C25H36N4O4. The first-order valence-corrected chi connectivity index (χ1v) is 11.6. The van der Waals surface area contributed by atoms with Gasteiger partial charge in [0.15, 0.2) is 11.2 Å². The van der Waals surface area contributed by atoms with Crippen molar-refractivity contribution in [1.82, 2.24) is 19.1 Å². The van der Waals surface area contributed by atoms with Crippen molar-refractivity contribution in [1.29, 1.82) is 0 Å². The average molecular weight is 457 g/mol. The van der Waals surface area contributed by atoms with E-state index in [0.29, 0.717) is 18.6 Å². The van der Waals surface area contributed by atoms with Gasteiger partial charge in [-0.15, -0.1) is 0 Å². The van der Waals surface area contributed by atoms with Gasteiger partial charge in [0, 0.05) is 13.0 Å². The Balaban J connectivity index is 1.61. The zero-order valence-corrected chi connectivity index (χ0v) is 20.1. The molecule has 2 N–H and O–H groups in total. The van der Waals surface area contributed by atoms with Crippen molar-refractivity contribution in [3.05, 3.63) is 58.0 Å². The van der Waals surface area contributed by atoms with E-state index in [1.54, 1.807) is 9.13 Å². The zero-order chi connectivity index (χ0) is 24.0. The summed E-state index contributed by atoms with van der Waals surface area (Å²) in [6.07, 6.45) is 12.2. The smallest absolute Gasteiger partial charge is 0.281 e. The molecule has 1 aliphatic heterocycles. The SMILES string of the molecule is CC(C)=CCCC(C)=CCCC(C)=CCn1cnc2c(ncn2[C@H]2C[C@@H](O)[C@@H](CO)O2)c1=O. The Morgan fingerprint density at radius 3 is 2.45 bits per heavy atom. The van der Waals surface area contributed by atoms with Crippen LogP contribution in [0.25, 0.3) is 11.2 Å². The molecule has 0 bridgehead atoms. The predicted molar refractivity (Wildman–Crippen MR) is 129 cm³/mol. The van der Waals surface area contributed by atoms with Crippen molar-refractivity contribution in [3.63, 3.8) is 0 Å². The maximum absolute atomic E-state index is 12.9. The number of aliphatic hydroxyl groups excluding tert-OH is 2.